The van der Waals surface area contributed by atoms with Crippen LogP contribution in [0.15, 0.2) is 35.5 Å². The zero-order valence-corrected chi connectivity index (χ0v) is 17.9. The normalized spacial score (nSPS) is 17.5. The molecule has 1 aromatic heterocycles. The number of hydrogen-bond acceptors (Lipinski definition) is 6. The molecule has 0 unspecified atom stereocenters. The zero-order valence-electron chi connectivity index (χ0n) is 17.1. The number of nitrogens with one attached hydrogen (secondary N) is 1. The monoisotopic (exact) mass is 428 g/mol. The first-order chi connectivity index (χ1) is 14.7. The van der Waals surface area contributed by atoms with E-state index >= 15 is 0 Å². The average Bonchev–Trinajstić information content (AvgIpc) is 3.29. The van der Waals surface area contributed by atoms with E-state index in [0.717, 1.165) is 49.3 Å². The fourth-order valence-electron chi connectivity index (χ4n) is 3.85. The number of carbonyl (C=O) groups excluding carboxylic acids is 2. The van der Waals surface area contributed by atoms with E-state index in [0.29, 0.717) is 6.54 Å². The largest absolute Gasteiger partial charge is 0.329 e. The molecular weight excluding hydrogens is 400 g/mol. The molecular formula is C21H28N6O2S. The van der Waals surface area contributed by atoms with E-state index in [2.05, 4.69) is 49.2 Å². The van der Waals surface area contributed by atoms with E-state index in [1.165, 1.54) is 29.7 Å². The fourth-order valence-corrected chi connectivity index (χ4v) is 4.73. The van der Waals surface area contributed by atoms with Crippen LogP contribution in [0.3, 0.4) is 0 Å². The summed E-state index contributed by atoms with van der Waals surface area (Å²) in [7, 11) is 0. The van der Waals surface area contributed by atoms with Crippen LogP contribution in [0.5, 0.6) is 0 Å². The summed E-state index contributed by atoms with van der Waals surface area (Å²) < 4.78 is 2.21. The van der Waals surface area contributed by atoms with Crippen LogP contribution in [0.4, 0.5) is 4.79 Å². The van der Waals surface area contributed by atoms with E-state index in [9.17, 15) is 9.59 Å². The SMILES string of the molecule is O=C1CNC(=O)N1CCCSc1nnc(CN2CCCCC2)n1Cc1ccccc1. The molecule has 1 aromatic carbocycles. The zero-order chi connectivity index (χ0) is 20.8. The van der Waals surface area contributed by atoms with Crippen LogP contribution in [0.2, 0.25) is 0 Å². The number of amides is 3. The van der Waals surface area contributed by atoms with Gasteiger partial charge in [-0.25, -0.2) is 4.79 Å². The van der Waals surface area contributed by atoms with Crippen molar-refractivity contribution in [2.45, 2.75) is 43.9 Å². The topological polar surface area (TPSA) is 83.4 Å². The van der Waals surface area contributed by atoms with Gasteiger partial charge in [0, 0.05) is 12.3 Å². The number of likely N-dealkylation sites (tertiary alicyclic amines) is 1. The van der Waals surface area contributed by atoms with Crippen molar-refractivity contribution in [3.05, 3.63) is 41.7 Å². The highest BCUT2D eigenvalue weighted by molar-refractivity contribution is 7.99. The van der Waals surface area contributed by atoms with Gasteiger partial charge in [0.1, 0.15) is 5.82 Å². The predicted octanol–water partition coefficient (Wildman–Crippen LogP) is 2.35. The molecule has 4 rings (SSSR count). The van der Waals surface area contributed by atoms with Gasteiger partial charge in [-0.3, -0.25) is 14.6 Å². The Morgan fingerprint density at radius 2 is 1.80 bits per heavy atom. The number of imide groups is 1. The summed E-state index contributed by atoms with van der Waals surface area (Å²) in [5.41, 5.74) is 1.22. The van der Waals surface area contributed by atoms with Gasteiger partial charge in [-0.05, 0) is 37.9 Å². The van der Waals surface area contributed by atoms with E-state index in [1.807, 2.05) is 6.07 Å². The van der Waals surface area contributed by atoms with Gasteiger partial charge in [0.25, 0.3) is 0 Å². The Hall–Kier alpha value is -2.39. The van der Waals surface area contributed by atoms with Gasteiger partial charge in [-0.2, -0.15) is 0 Å². The second-order valence-electron chi connectivity index (χ2n) is 7.71. The number of aromatic nitrogens is 3. The number of carbonyl (C=O) groups is 2. The van der Waals surface area contributed by atoms with Crippen LogP contribution in [0, 0.1) is 0 Å². The van der Waals surface area contributed by atoms with Crippen LogP contribution in [0.25, 0.3) is 0 Å². The molecule has 3 heterocycles. The standard InChI is InChI=1S/C21H28N6O2S/c28-19-14-22-20(29)26(19)12-7-13-30-21-24-23-18(16-25-10-5-2-6-11-25)27(21)15-17-8-3-1-4-9-17/h1,3-4,8-9H,2,5-7,10-16H2,(H,22,29). The molecule has 9 heteroatoms. The van der Waals surface area contributed by atoms with Gasteiger partial charge >= 0.3 is 6.03 Å². The second kappa shape index (κ2) is 10.1. The molecule has 8 nitrogen and oxygen atoms in total. The van der Waals surface area contributed by atoms with Crippen molar-refractivity contribution in [3.63, 3.8) is 0 Å². The minimum absolute atomic E-state index is 0.108. The molecule has 0 spiro atoms. The molecule has 2 aliphatic heterocycles. The van der Waals surface area contributed by atoms with E-state index in [4.69, 9.17) is 0 Å². The smallest absolute Gasteiger partial charge is 0.324 e. The Labute approximate surface area is 181 Å². The van der Waals surface area contributed by atoms with Crippen molar-refractivity contribution in [2.75, 3.05) is 31.9 Å². The Balaban J connectivity index is 1.40. The number of nitrogens with zero attached hydrogens (tertiary/aromatic N) is 5. The van der Waals surface area contributed by atoms with Crippen LogP contribution < -0.4 is 5.32 Å². The summed E-state index contributed by atoms with van der Waals surface area (Å²) >= 11 is 1.64. The summed E-state index contributed by atoms with van der Waals surface area (Å²) in [5.74, 6) is 1.62. The second-order valence-corrected chi connectivity index (χ2v) is 8.78. The maximum atomic E-state index is 11.7. The van der Waals surface area contributed by atoms with Gasteiger partial charge in [-0.1, -0.05) is 48.5 Å². The highest BCUT2D eigenvalue weighted by Gasteiger charge is 2.27. The molecule has 2 aromatic rings. The predicted molar refractivity (Wildman–Crippen MR) is 115 cm³/mol. The summed E-state index contributed by atoms with van der Waals surface area (Å²) in [6, 6.07) is 10.1. The van der Waals surface area contributed by atoms with Crippen molar-refractivity contribution in [1.82, 2.24) is 29.9 Å². The van der Waals surface area contributed by atoms with Crippen molar-refractivity contribution in [1.29, 1.82) is 0 Å². The van der Waals surface area contributed by atoms with Crippen LogP contribution in [0.1, 0.15) is 37.1 Å². The molecule has 2 aliphatic rings. The molecule has 160 valence electrons. The summed E-state index contributed by atoms with van der Waals surface area (Å²) in [5, 5.41) is 12.4. The lowest BCUT2D eigenvalue weighted by Gasteiger charge is -2.26. The Kier molecular flexibility index (Phi) is 7.01. The molecule has 0 radical (unpaired) electrons. The maximum absolute atomic E-state index is 11.7. The molecule has 2 saturated heterocycles. The Morgan fingerprint density at radius 1 is 1.00 bits per heavy atom. The highest BCUT2D eigenvalue weighted by Crippen LogP contribution is 2.22. The first-order valence-corrected chi connectivity index (χ1v) is 11.6. The number of benzene rings is 1. The minimum atomic E-state index is -0.291. The molecule has 3 amide bonds. The molecule has 0 atom stereocenters. The van der Waals surface area contributed by atoms with Gasteiger partial charge in [0.2, 0.25) is 5.91 Å². The van der Waals surface area contributed by atoms with Crippen LogP contribution in [-0.2, 0) is 17.9 Å². The van der Waals surface area contributed by atoms with E-state index in [-0.39, 0.29) is 18.5 Å². The first kappa shape index (κ1) is 20.9. The third kappa shape index (κ3) is 5.20. The molecule has 0 aliphatic carbocycles. The lowest BCUT2D eigenvalue weighted by Crippen LogP contribution is -2.32. The van der Waals surface area contributed by atoms with Gasteiger partial charge in [0.15, 0.2) is 5.16 Å². The lowest BCUT2D eigenvalue weighted by atomic mass is 10.1. The third-order valence-electron chi connectivity index (χ3n) is 5.48. The minimum Gasteiger partial charge on any atom is -0.329 e. The highest BCUT2D eigenvalue weighted by atomic mass is 32.2. The number of urea groups is 1. The van der Waals surface area contributed by atoms with Crippen molar-refractivity contribution in [2.24, 2.45) is 0 Å². The molecule has 2 fully saturated rings. The molecule has 1 N–H and O–H groups in total. The first-order valence-electron chi connectivity index (χ1n) is 10.6. The number of piperidine rings is 1. The van der Waals surface area contributed by atoms with Crippen molar-refractivity contribution >= 4 is 23.7 Å². The average molecular weight is 429 g/mol. The van der Waals surface area contributed by atoms with Crippen LogP contribution in [-0.4, -0.2) is 68.4 Å². The molecule has 0 saturated carbocycles. The summed E-state index contributed by atoms with van der Waals surface area (Å²) in [6.07, 6.45) is 4.53. The van der Waals surface area contributed by atoms with E-state index < -0.39 is 0 Å². The van der Waals surface area contributed by atoms with Gasteiger partial charge in [-0.15, -0.1) is 10.2 Å². The third-order valence-corrected chi connectivity index (χ3v) is 6.54. The van der Waals surface area contributed by atoms with E-state index in [1.54, 1.807) is 11.8 Å². The lowest BCUT2D eigenvalue weighted by molar-refractivity contribution is -0.124. The molecule has 0 bridgehead atoms. The number of hydrogen-bond donors (Lipinski definition) is 1. The Bertz CT molecular complexity index is 850. The van der Waals surface area contributed by atoms with Gasteiger partial charge in [0.05, 0.1) is 19.6 Å². The van der Waals surface area contributed by atoms with Crippen molar-refractivity contribution < 1.29 is 9.59 Å². The summed E-state index contributed by atoms with van der Waals surface area (Å²) in [6.45, 7) is 4.34. The number of rotatable bonds is 9. The fraction of sp³-hybridized carbons (Fsp3) is 0.524. The Morgan fingerprint density at radius 3 is 2.53 bits per heavy atom. The van der Waals surface area contributed by atoms with Crippen molar-refractivity contribution in [3.8, 4) is 0 Å². The molecule has 30 heavy (non-hydrogen) atoms. The maximum Gasteiger partial charge on any atom is 0.324 e. The van der Waals surface area contributed by atoms with Gasteiger partial charge < -0.3 is 9.88 Å². The summed E-state index contributed by atoms with van der Waals surface area (Å²) in [4.78, 5) is 27.1. The quantitative estimate of drug-likeness (QED) is 0.375. The number of thioether (sulfide) groups is 1. The van der Waals surface area contributed by atoms with Crippen LogP contribution >= 0.6 is 11.8 Å².